The van der Waals surface area contributed by atoms with E-state index in [-0.39, 0.29) is 12.2 Å². The summed E-state index contributed by atoms with van der Waals surface area (Å²) in [5.41, 5.74) is -1.29. The minimum Gasteiger partial charge on any atom is -0.292 e. The lowest BCUT2D eigenvalue weighted by Gasteiger charge is -2.13. The van der Waals surface area contributed by atoms with Crippen LogP contribution in [0.3, 0.4) is 0 Å². The maximum absolute atomic E-state index is 12.7. The van der Waals surface area contributed by atoms with Crippen LogP contribution in [0.15, 0.2) is 41.2 Å². The highest BCUT2D eigenvalue weighted by Crippen LogP contribution is 2.29. The second kappa shape index (κ2) is 4.87. The van der Waals surface area contributed by atoms with Crippen molar-refractivity contribution in [1.82, 2.24) is 9.55 Å². The largest absolute Gasteiger partial charge is 0.433 e. The van der Waals surface area contributed by atoms with Crippen molar-refractivity contribution in [2.45, 2.75) is 19.6 Å². The molecule has 0 aliphatic carbocycles. The van der Waals surface area contributed by atoms with Gasteiger partial charge < -0.3 is 0 Å². The van der Waals surface area contributed by atoms with Crippen molar-refractivity contribution < 1.29 is 13.2 Å². The van der Waals surface area contributed by atoms with E-state index in [0.29, 0.717) is 5.56 Å². The summed E-state index contributed by atoms with van der Waals surface area (Å²) >= 11 is 0. The van der Waals surface area contributed by atoms with Crippen LogP contribution in [-0.2, 0) is 12.7 Å². The Morgan fingerprint density at radius 1 is 1.21 bits per heavy atom. The van der Waals surface area contributed by atoms with Gasteiger partial charge in [0.15, 0.2) is 5.69 Å². The fourth-order valence-corrected chi connectivity index (χ4v) is 1.81. The zero-order valence-electron chi connectivity index (χ0n) is 10.1. The van der Waals surface area contributed by atoms with E-state index < -0.39 is 17.6 Å². The summed E-state index contributed by atoms with van der Waals surface area (Å²) in [6.07, 6.45) is -4.63. The number of alkyl halides is 3. The summed E-state index contributed by atoms with van der Waals surface area (Å²) in [7, 11) is 0. The van der Waals surface area contributed by atoms with Gasteiger partial charge in [0.25, 0.3) is 0 Å². The van der Waals surface area contributed by atoms with Gasteiger partial charge >= 0.3 is 11.9 Å². The average molecular weight is 268 g/mol. The molecule has 1 heterocycles. The van der Waals surface area contributed by atoms with E-state index in [0.717, 1.165) is 6.07 Å². The Morgan fingerprint density at radius 3 is 2.37 bits per heavy atom. The van der Waals surface area contributed by atoms with Crippen LogP contribution in [0.25, 0.3) is 11.3 Å². The first-order valence-corrected chi connectivity index (χ1v) is 5.68. The molecular weight excluding hydrogens is 257 g/mol. The van der Waals surface area contributed by atoms with Crippen LogP contribution in [0.1, 0.15) is 12.6 Å². The number of nitrogens with zero attached hydrogens (tertiary/aromatic N) is 2. The van der Waals surface area contributed by atoms with Crippen molar-refractivity contribution in [2.75, 3.05) is 0 Å². The van der Waals surface area contributed by atoms with Gasteiger partial charge in [0.2, 0.25) is 0 Å². The normalized spacial score (nSPS) is 11.6. The Labute approximate surface area is 107 Å². The van der Waals surface area contributed by atoms with Crippen molar-refractivity contribution in [3.63, 3.8) is 0 Å². The first-order valence-electron chi connectivity index (χ1n) is 5.68. The second-order valence-electron chi connectivity index (χ2n) is 3.92. The summed E-state index contributed by atoms with van der Waals surface area (Å²) in [6.45, 7) is 1.94. The quantitative estimate of drug-likeness (QED) is 0.839. The topological polar surface area (TPSA) is 34.9 Å². The molecular formula is C13H11F3N2O. The molecule has 0 aliphatic rings. The highest BCUT2D eigenvalue weighted by atomic mass is 19.4. The van der Waals surface area contributed by atoms with Crippen LogP contribution >= 0.6 is 0 Å². The number of aromatic nitrogens is 2. The van der Waals surface area contributed by atoms with Gasteiger partial charge in [0.1, 0.15) is 0 Å². The molecule has 100 valence electrons. The zero-order chi connectivity index (χ0) is 14.0. The van der Waals surface area contributed by atoms with Gasteiger partial charge in [-0.05, 0) is 18.6 Å². The lowest BCUT2D eigenvalue weighted by molar-refractivity contribution is -0.141. The number of halogens is 3. The van der Waals surface area contributed by atoms with E-state index in [4.69, 9.17) is 0 Å². The molecule has 0 unspecified atom stereocenters. The summed E-state index contributed by atoms with van der Waals surface area (Å²) in [6, 6.07) is 9.37. The third kappa shape index (κ3) is 2.67. The summed E-state index contributed by atoms with van der Waals surface area (Å²) in [5.74, 6) is 0. The van der Waals surface area contributed by atoms with E-state index in [9.17, 15) is 18.0 Å². The first-order chi connectivity index (χ1) is 8.93. The number of rotatable bonds is 2. The Morgan fingerprint density at radius 2 is 1.84 bits per heavy atom. The van der Waals surface area contributed by atoms with Crippen LogP contribution in [0.2, 0.25) is 0 Å². The van der Waals surface area contributed by atoms with Crippen molar-refractivity contribution in [1.29, 1.82) is 0 Å². The van der Waals surface area contributed by atoms with Gasteiger partial charge in [-0.2, -0.15) is 18.2 Å². The van der Waals surface area contributed by atoms with Gasteiger partial charge in [-0.15, -0.1) is 0 Å². The smallest absolute Gasteiger partial charge is 0.292 e. The lowest BCUT2D eigenvalue weighted by atomic mass is 10.1. The fraction of sp³-hybridized carbons (Fsp3) is 0.231. The lowest BCUT2D eigenvalue weighted by Crippen LogP contribution is -2.27. The van der Waals surface area contributed by atoms with Gasteiger partial charge in [-0.25, -0.2) is 4.79 Å². The third-order valence-corrected chi connectivity index (χ3v) is 2.69. The predicted octanol–water partition coefficient (Wildman–Crippen LogP) is 2.95. The van der Waals surface area contributed by atoms with Crippen molar-refractivity contribution in [3.8, 4) is 11.3 Å². The molecule has 1 aromatic heterocycles. The molecule has 0 spiro atoms. The maximum Gasteiger partial charge on any atom is 0.433 e. The minimum absolute atomic E-state index is 0.218. The van der Waals surface area contributed by atoms with Crippen molar-refractivity contribution in [3.05, 3.63) is 52.6 Å². The van der Waals surface area contributed by atoms with E-state index in [1.807, 2.05) is 0 Å². The van der Waals surface area contributed by atoms with Crippen LogP contribution in [0.5, 0.6) is 0 Å². The molecule has 2 rings (SSSR count). The Bertz CT molecular complexity index is 633. The van der Waals surface area contributed by atoms with Gasteiger partial charge in [-0.3, -0.25) is 4.57 Å². The van der Waals surface area contributed by atoms with E-state index >= 15 is 0 Å². The zero-order valence-corrected chi connectivity index (χ0v) is 10.1. The molecule has 19 heavy (non-hydrogen) atoms. The molecule has 0 bridgehead atoms. The molecule has 0 amide bonds. The summed E-state index contributed by atoms with van der Waals surface area (Å²) < 4.78 is 39.3. The van der Waals surface area contributed by atoms with Gasteiger partial charge in [-0.1, -0.05) is 30.3 Å². The standard InChI is InChI=1S/C13H11F3N2O/c1-2-18-10(9-6-4-3-5-7-9)8-11(13(14,15)16)17-12(18)19/h3-8H,2H2,1H3. The predicted molar refractivity (Wildman–Crippen MR) is 64.6 cm³/mol. The van der Waals surface area contributed by atoms with Crippen LogP contribution < -0.4 is 5.69 Å². The van der Waals surface area contributed by atoms with E-state index in [1.54, 1.807) is 37.3 Å². The maximum atomic E-state index is 12.7. The molecule has 1 aromatic carbocycles. The molecule has 0 aliphatic heterocycles. The highest BCUT2D eigenvalue weighted by Gasteiger charge is 2.34. The molecule has 0 fully saturated rings. The molecule has 0 atom stereocenters. The average Bonchev–Trinajstić information content (AvgIpc) is 2.37. The number of hydrogen-bond acceptors (Lipinski definition) is 2. The second-order valence-corrected chi connectivity index (χ2v) is 3.92. The molecule has 3 nitrogen and oxygen atoms in total. The fourth-order valence-electron chi connectivity index (χ4n) is 1.81. The van der Waals surface area contributed by atoms with Crippen LogP contribution in [0, 0.1) is 0 Å². The SMILES string of the molecule is CCn1c(-c2ccccc2)cc(C(F)(F)F)nc1=O. The molecule has 6 heteroatoms. The molecule has 0 saturated heterocycles. The number of benzene rings is 1. The van der Waals surface area contributed by atoms with Crippen molar-refractivity contribution in [2.24, 2.45) is 0 Å². The summed E-state index contributed by atoms with van der Waals surface area (Å²) in [4.78, 5) is 14.7. The van der Waals surface area contributed by atoms with Crippen LogP contribution in [0.4, 0.5) is 13.2 Å². The Balaban J connectivity index is 2.71. The van der Waals surface area contributed by atoms with E-state index in [1.165, 1.54) is 4.57 Å². The molecule has 2 aromatic rings. The van der Waals surface area contributed by atoms with Crippen molar-refractivity contribution >= 4 is 0 Å². The molecule has 0 saturated carbocycles. The highest BCUT2D eigenvalue weighted by molar-refractivity contribution is 5.59. The minimum atomic E-state index is -4.63. The first kappa shape index (κ1) is 13.3. The van der Waals surface area contributed by atoms with E-state index in [2.05, 4.69) is 4.98 Å². The number of hydrogen-bond donors (Lipinski definition) is 0. The third-order valence-electron chi connectivity index (χ3n) is 2.69. The summed E-state index contributed by atoms with van der Waals surface area (Å²) in [5, 5.41) is 0. The molecule has 0 N–H and O–H groups in total. The Kier molecular flexibility index (Phi) is 3.42. The van der Waals surface area contributed by atoms with Crippen LogP contribution in [-0.4, -0.2) is 9.55 Å². The molecule has 0 radical (unpaired) electrons. The van der Waals surface area contributed by atoms with Gasteiger partial charge in [0, 0.05) is 6.54 Å². The monoisotopic (exact) mass is 268 g/mol. The Hall–Kier alpha value is -2.11. The van der Waals surface area contributed by atoms with Gasteiger partial charge in [0.05, 0.1) is 5.69 Å².